The Morgan fingerprint density at radius 3 is 3.56 bits per heavy atom. The highest BCUT2D eigenvalue weighted by atomic mass is 16.5. The van der Waals surface area contributed by atoms with Gasteiger partial charge in [0, 0.05) is 13.2 Å². The van der Waals surface area contributed by atoms with Gasteiger partial charge in [0.1, 0.15) is 0 Å². The first-order valence-electron chi connectivity index (χ1n) is 5.79. The van der Waals surface area contributed by atoms with Crippen molar-refractivity contribution >= 4 is 5.97 Å². The summed E-state index contributed by atoms with van der Waals surface area (Å²) in [6, 6.07) is 0. The number of hydrogen-bond donors (Lipinski definition) is 1. The monoisotopic (exact) mass is 137 g/mol. The fraction of sp³-hybridized carbons (Fsp3) is 0.833. The third-order valence-corrected chi connectivity index (χ3v) is 0.823. The zero-order valence-electron chi connectivity index (χ0n) is 11.5. The third kappa shape index (κ3) is 1.68. The lowest BCUT2D eigenvalue weighted by Crippen LogP contribution is -2.35. The summed E-state index contributed by atoms with van der Waals surface area (Å²) in [4.78, 5) is 11.0. The lowest BCUT2D eigenvalue weighted by atomic mass is 9.97. The van der Waals surface area contributed by atoms with E-state index in [1.807, 2.05) is 0 Å². The van der Waals surface area contributed by atoms with Gasteiger partial charge in [-0.3, -0.25) is 4.79 Å². The van der Waals surface area contributed by atoms with Crippen molar-refractivity contribution in [3.8, 4) is 0 Å². The molecule has 3 heteroatoms. The van der Waals surface area contributed by atoms with Crippen molar-refractivity contribution < 1.29 is 24.2 Å². The van der Waals surface area contributed by atoms with Crippen molar-refractivity contribution in [3.05, 3.63) is 0 Å². The average molecular weight is 137 g/mol. The minimum absolute atomic E-state index is 1.12. The molecule has 52 valence electrons. The highest BCUT2D eigenvalue weighted by Gasteiger charge is 2.29. The molecule has 1 saturated heterocycles. The van der Waals surface area contributed by atoms with E-state index in [9.17, 15) is 9.90 Å². The van der Waals surface area contributed by atoms with E-state index < -0.39 is 37.8 Å². The topological polar surface area (TPSA) is 46.5 Å². The van der Waals surface area contributed by atoms with Crippen molar-refractivity contribution in [2.24, 2.45) is 0 Å². The summed E-state index contributed by atoms with van der Waals surface area (Å²) in [5.74, 6) is -1.29. The van der Waals surface area contributed by atoms with Gasteiger partial charge in [-0.05, 0) is 6.85 Å². The molecular formula is C6H10O3. The minimum atomic E-state index is -3.23. The molecule has 1 fully saturated rings. The van der Waals surface area contributed by atoms with Gasteiger partial charge in [0.25, 0.3) is 0 Å². The molecule has 1 unspecified atom stereocenters. The van der Waals surface area contributed by atoms with Crippen LogP contribution in [0, 0.1) is 0 Å². The van der Waals surface area contributed by atoms with E-state index in [4.69, 9.17) is 9.60 Å². The predicted molar refractivity (Wildman–Crippen MR) is 30.8 cm³/mol. The van der Waals surface area contributed by atoms with Gasteiger partial charge in [-0.2, -0.15) is 0 Å². The fourth-order valence-electron chi connectivity index (χ4n) is 0.456. The number of carbonyl (C=O) groups excluding carboxylic acids is 1. The smallest absolute Gasteiger partial charge is 0.308 e. The van der Waals surface area contributed by atoms with Crippen molar-refractivity contribution in [1.29, 1.82) is 0 Å². The molecule has 1 aliphatic heterocycles. The zero-order valence-corrected chi connectivity index (χ0v) is 4.47. The number of cyclic esters (lactones) is 1. The second-order valence-corrected chi connectivity index (χ2v) is 1.74. The molecule has 1 rings (SSSR count). The summed E-state index contributed by atoms with van der Waals surface area (Å²) in [5, 5.41) is 9.76. The summed E-state index contributed by atoms with van der Waals surface area (Å²) in [6.45, 7) is -6.42. The summed E-state index contributed by atoms with van der Waals surface area (Å²) in [6.07, 6.45) is -4.34. The Morgan fingerprint density at radius 1 is 2.11 bits per heavy atom. The summed E-state index contributed by atoms with van der Waals surface area (Å²) >= 11 is 0. The molecule has 0 bridgehead atoms. The minimum Gasteiger partial charge on any atom is -0.465 e. The zero-order chi connectivity index (χ0) is 13.0. The van der Waals surface area contributed by atoms with Gasteiger partial charge in [-0.15, -0.1) is 0 Å². The van der Waals surface area contributed by atoms with Gasteiger partial charge in [0.15, 0.2) is 0 Å². The molecule has 0 radical (unpaired) electrons. The number of esters is 1. The molecule has 0 spiro atoms. The SMILES string of the molecule is [2H]C([2H])([2H])C1(O)CC(=O)OC([2H])([2H])C1([2H])[2H]. The molecule has 1 N–H and O–H groups in total. The quantitative estimate of drug-likeness (QED) is 0.481. The molecule has 9 heavy (non-hydrogen) atoms. The van der Waals surface area contributed by atoms with E-state index in [1.54, 1.807) is 0 Å². The van der Waals surface area contributed by atoms with Crippen LogP contribution in [0.4, 0.5) is 0 Å². The molecule has 1 atom stereocenters. The maximum Gasteiger partial charge on any atom is 0.308 e. The molecule has 0 aliphatic carbocycles. The molecule has 1 aliphatic rings. The van der Waals surface area contributed by atoms with Gasteiger partial charge in [-0.1, -0.05) is 0 Å². The highest BCUT2D eigenvalue weighted by Crippen LogP contribution is 2.19. The van der Waals surface area contributed by atoms with Crippen LogP contribution in [0.15, 0.2) is 0 Å². The first-order chi connectivity index (χ1) is 6.85. The van der Waals surface area contributed by atoms with E-state index in [1.165, 1.54) is 0 Å². The lowest BCUT2D eigenvalue weighted by Gasteiger charge is -2.26. The van der Waals surface area contributed by atoms with E-state index >= 15 is 0 Å². The number of rotatable bonds is 0. The van der Waals surface area contributed by atoms with Crippen molar-refractivity contribution in [1.82, 2.24) is 0 Å². The molecule has 1 heterocycles. The molecule has 0 amide bonds. The molecule has 0 aromatic rings. The van der Waals surface area contributed by atoms with Crippen molar-refractivity contribution in [2.75, 3.05) is 6.56 Å². The molecule has 0 aromatic carbocycles. The Morgan fingerprint density at radius 2 is 2.89 bits per heavy atom. The Kier molecular flexibility index (Phi) is 0.432. The summed E-state index contributed by atoms with van der Waals surface area (Å²) < 4.78 is 54.1. The van der Waals surface area contributed by atoms with Gasteiger partial charge >= 0.3 is 5.97 Å². The predicted octanol–water partition coefficient (Wildman–Crippen LogP) is 0.0744. The van der Waals surface area contributed by atoms with Gasteiger partial charge in [0.2, 0.25) is 0 Å². The van der Waals surface area contributed by atoms with Crippen LogP contribution in [-0.2, 0) is 9.53 Å². The van der Waals surface area contributed by atoms with Crippen molar-refractivity contribution in [2.45, 2.75) is 25.2 Å². The van der Waals surface area contributed by atoms with Crippen LogP contribution in [0.5, 0.6) is 0 Å². The maximum atomic E-state index is 11.0. The van der Waals surface area contributed by atoms with Gasteiger partial charge < -0.3 is 9.84 Å². The Hall–Kier alpha value is -0.570. The van der Waals surface area contributed by atoms with E-state index in [0.29, 0.717) is 0 Å². The number of carbonyl (C=O) groups is 1. The molecule has 0 aromatic heterocycles. The first-order valence-corrected chi connectivity index (χ1v) is 2.29. The Labute approximate surface area is 63.5 Å². The normalized spacial score (nSPS) is 60.1. The molecule has 0 saturated carbocycles. The molecular weight excluding hydrogens is 120 g/mol. The van der Waals surface area contributed by atoms with Crippen LogP contribution in [0.3, 0.4) is 0 Å². The average Bonchev–Trinajstić information content (AvgIpc) is 1.97. The van der Waals surface area contributed by atoms with E-state index in [2.05, 4.69) is 4.74 Å². The fourth-order valence-corrected chi connectivity index (χ4v) is 0.456. The third-order valence-electron chi connectivity index (χ3n) is 0.823. The van der Waals surface area contributed by atoms with Gasteiger partial charge in [0.05, 0.1) is 21.3 Å². The number of hydrogen-bond acceptors (Lipinski definition) is 3. The van der Waals surface area contributed by atoms with Crippen LogP contribution in [0.2, 0.25) is 0 Å². The van der Waals surface area contributed by atoms with E-state index in [0.717, 1.165) is 0 Å². The second kappa shape index (κ2) is 1.99. The lowest BCUT2D eigenvalue weighted by molar-refractivity contribution is -0.157. The van der Waals surface area contributed by atoms with Crippen LogP contribution in [-0.4, -0.2) is 23.2 Å². The van der Waals surface area contributed by atoms with Gasteiger partial charge in [-0.25, -0.2) is 0 Å². The van der Waals surface area contributed by atoms with Crippen LogP contribution < -0.4 is 0 Å². The van der Waals surface area contributed by atoms with Crippen LogP contribution in [0.1, 0.15) is 29.2 Å². The van der Waals surface area contributed by atoms with Crippen molar-refractivity contribution in [3.63, 3.8) is 0 Å². The van der Waals surface area contributed by atoms with E-state index in [-0.39, 0.29) is 0 Å². The first kappa shape index (κ1) is 1.95. The molecule has 3 nitrogen and oxygen atoms in total. The summed E-state index contributed by atoms with van der Waals surface area (Å²) in [5.41, 5.74) is -3.10. The second-order valence-electron chi connectivity index (χ2n) is 1.74. The number of ether oxygens (including phenoxy) is 1. The van der Waals surface area contributed by atoms with Crippen LogP contribution >= 0.6 is 0 Å². The largest absolute Gasteiger partial charge is 0.465 e. The highest BCUT2D eigenvalue weighted by molar-refractivity contribution is 5.71. The van der Waals surface area contributed by atoms with Crippen LogP contribution in [0.25, 0.3) is 0 Å². The summed E-state index contributed by atoms with van der Waals surface area (Å²) in [7, 11) is 0. The Bertz CT molecular complexity index is 323. The number of aliphatic hydroxyl groups is 1. The standard InChI is InChI=1S/C6H10O3/c1-6(8)2-3-9-5(7)4-6/h8H,2-4H2,1H3/i1D3,2D2,3D2. The Balaban J connectivity index is 3.33. The maximum absolute atomic E-state index is 11.0.